The maximum Gasteiger partial charge on any atom is 0.141 e. The van der Waals surface area contributed by atoms with Crippen molar-refractivity contribution in [2.75, 3.05) is 7.11 Å². The molecule has 2 aromatic rings. The number of pyridine rings is 1. The van der Waals surface area contributed by atoms with Crippen LogP contribution in [0.3, 0.4) is 0 Å². The van der Waals surface area contributed by atoms with E-state index in [9.17, 15) is 0 Å². The molecule has 0 radical (unpaired) electrons. The second-order valence-electron chi connectivity index (χ2n) is 2.98. The van der Waals surface area contributed by atoms with Gasteiger partial charge in [0.05, 0.1) is 7.11 Å². The highest BCUT2D eigenvalue weighted by Crippen LogP contribution is 2.31. The number of rotatable bonds is 1. The fourth-order valence-electron chi connectivity index (χ4n) is 1.42. The molecule has 0 saturated heterocycles. The van der Waals surface area contributed by atoms with Crippen molar-refractivity contribution in [2.24, 2.45) is 0 Å². The summed E-state index contributed by atoms with van der Waals surface area (Å²) in [5.74, 6) is 0.755. The first-order valence-corrected chi connectivity index (χ1v) is 5.08. The van der Waals surface area contributed by atoms with Gasteiger partial charge in [-0.25, -0.2) is 4.98 Å². The van der Waals surface area contributed by atoms with E-state index >= 15 is 0 Å². The van der Waals surface area contributed by atoms with Crippen LogP contribution in [-0.2, 0) is 0 Å². The lowest BCUT2D eigenvalue weighted by atomic mass is 10.1. The summed E-state index contributed by atoms with van der Waals surface area (Å²) in [6.45, 7) is 0. The second kappa shape index (κ2) is 3.87. The molecule has 0 bridgehead atoms. The van der Waals surface area contributed by atoms with E-state index in [4.69, 9.17) is 10.00 Å². The number of aromatic nitrogens is 1. The minimum absolute atomic E-state index is 0.399. The van der Waals surface area contributed by atoms with Gasteiger partial charge in [-0.3, -0.25) is 0 Å². The van der Waals surface area contributed by atoms with Gasteiger partial charge in [0.25, 0.3) is 0 Å². The molecule has 0 fully saturated rings. The molecule has 15 heavy (non-hydrogen) atoms. The monoisotopic (exact) mass is 262 g/mol. The Morgan fingerprint density at radius 2 is 2.20 bits per heavy atom. The summed E-state index contributed by atoms with van der Waals surface area (Å²) < 4.78 is 6.14. The summed E-state index contributed by atoms with van der Waals surface area (Å²) in [7, 11) is 1.61. The van der Waals surface area contributed by atoms with Crippen LogP contribution >= 0.6 is 15.9 Å². The van der Waals surface area contributed by atoms with Gasteiger partial charge in [-0.15, -0.1) is 0 Å². The fraction of sp³-hybridized carbons (Fsp3) is 0.0909. The lowest BCUT2D eigenvalue weighted by molar-refractivity contribution is 0.419. The maximum atomic E-state index is 8.76. The first-order valence-electron chi connectivity index (χ1n) is 4.28. The molecule has 1 heterocycles. The summed E-state index contributed by atoms with van der Waals surface area (Å²) >= 11 is 3.43. The van der Waals surface area contributed by atoms with Crippen LogP contribution in [0.25, 0.3) is 10.8 Å². The lowest BCUT2D eigenvalue weighted by Gasteiger charge is -2.06. The third kappa shape index (κ3) is 1.66. The van der Waals surface area contributed by atoms with Crippen molar-refractivity contribution in [1.29, 1.82) is 5.26 Å². The minimum atomic E-state index is 0.399. The Balaban J connectivity index is 2.83. The third-order valence-electron chi connectivity index (χ3n) is 2.14. The number of ether oxygens (including phenoxy) is 1. The van der Waals surface area contributed by atoms with E-state index in [0.29, 0.717) is 5.69 Å². The highest BCUT2D eigenvalue weighted by atomic mass is 79.9. The molecule has 0 N–H and O–H groups in total. The Morgan fingerprint density at radius 1 is 1.40 bits per heavy atom. The molecular formula is C11H7BrN2O. The minimum Gasteiger partial charge on any atom is -0.496 e. The van der Waals surface area contributed by atoms with Crippen LogP contribution in [-0.4, -0.2) is 12.1 Å². The Hall–Kier alpha value is -1.60. The van der Waals surface area contributed by atoms with Crippen molar-refractivity contribution in [3.05, 3.63) is 34.6 Å². The molecule has 0 aliphatic carbocycles. The molecule has 0 saturated carbocycles. The van der Waals surface area contributed by atoms with Crippen LogP contribution in [0, 0.1) is 11.3 Å². The molecule has 0 unspecified atom stereocenters. The van der Waals surface area contributed by atoms with E-state index in [-0.39, 0.29) is 0 Å². The molecule has 1 aromatic carbocycles. The number of hydrogen-bond acceptors (Lipinski definition) is 3. The number of hydrogen-bond donors (Lipinski definition) is 0. The molecule has 0 aliphatic heterocycles. The average Bonchev–Trinajstić information content (AvgIpc) is 2.29. The first kappa shape index (κ1) is 9.94. The Morgan fingerprint density at radius 3 is 2.87 bits per heavy atom. The summed E-state index contributed by atoms with van der Waals surface area (Å²) in [6, 6.07) is 7.50. The quantitative estimate of drug-likeness (QED) is 0.794. The van der Waals surface area contributed by atoms with E-state index in [2.05, 4.69) is 20.9 Å². The topological polar surface area (TPSA) is 45.9 Å². The largest absolute Gasteiger partial charge is 0.496 e. The molecule has 74 valence electrons. The van der Waals surface area contributed by atoms with Gasteiger partial charge in [-0.1, -0.05) is 15.9 Å². The normalized spacial score (nSPS) is 9.93. The van der Waals surface area contributed by atoms with Gasteiger partial charge in [0, 0.05) is 21.4 Å². The summed E-state index contributed by atoms with van der Waals surface area (Å²) in [5, 5.41) is 10.6. The van der Waals surface area contributed by atoms with E-state index < -0.39 is 0 Å². The summed E-state index contributed by atoms with van der Waals surface area (Å²) in [5.41, 5.74) is 0.399. The number of halogens is 1. The van der Waals surface area contributed by atoms with E-state index in [0.717, 1.165) is 21.0 Å². The highest BCUT2D eigenvalue weighted by Gasteiger charge is 2.06. The molecule has 2 rings (SSSR count). The fourth-order valence-corrected chi connectivity index (χ4v) is 1.88. The van der Waals surface area contributed by atoms with E-state index in [1.54, 1.807) is 19.4 Å². The number of fused-ring (bicyclic) bond motifs is 1. The predicted molar refractivity (Wildman–Crippen MR) is 60.7 cm³/mol. The van der Waals surface area contributed by atoms with E-state index in [1.807, 2.05) is 18.2 Å². The zero-order valence-corrected chi connectivity index (χ0v) is 9.58. The number of benzene rings is 1. The Bertz CT molecular complexity index is 560. The zero-order chi connectivity index (χ0) is 10.8. The molecule has 0 aliphatic rings. The van der Waals surface area contributed by atoms with Crippen molar-refractivity contribution < 1.29 is 4.74 Å². The van der Waals surface area contributed by atoms with Crippen LogP contribution in [0.4, 0.5) is 0 Å². The van der Waals surface area contributed by atoms with Gasteiger partial charge in [0.15, 0.2) is 0 Å². The first-order chi connectivity index (χ1) is 7.26. The zero-order valence-electron chi connectivity index (χ0n) is 7.99. The van der Waals surface area contributed by atoms with E-state index in [1.165, 1.54) is 0 Å². The van der Waals surface area contributed by atoms with Crippen LogP contribution in [0.1, 0.15) is 5.69 Å². The van der Waals surface area contributed by atoms with Crippen LogP contribution in [0.15, 0.2) is 28.9 Å². The molecule has 1 aromatic heterocycles. The standard InChI is InChI=1S/C11H7BrN2O/c1-15-11-3-2-10(12)8-4-7(5-13)14-6-9(8)11/h2-4,6H,1H3. The molecule has 3 nitrogen and oxygen atoms in total. The van der Waals surface area contributed by atoms with Gasteiger partial charge in [0.1, 0.15) is 17.5 Å². The number of nitriles is 1. The molecular weight excluding hydrogens is 256 g/mol. The third-order valence-corrected chi connectivity index (χ3v) is 2.83. The Kier molecular flexibility index (Phi) is 2.57. The van der Waals surface area contributed by atoms with Crippen molar-refractivity contribution in [3.8, 4) is 11.8 Å². The second-order valence-corrected chi connectivity index (χ2v) is 3.83. The van der Waals surface area contributed by atoms with Gasteiger partial charge in [0.2, 0.25) is 0 Å². The van der Waals surface area contributed by atoms with Crippen LogP contribution in [0.5, 0.6) is 5.75 Å². The van der Waals surface area contributed by atoms with Crippen molar-refractivity contribution in [2.45, 2.75) is 0 Å². The smallest absolute Gasteiger partial charge is 0.141 e. The number of methoxy groups -OCH3 is 1. The van der Waals surface area contributed by atoms with Gasteiger partial charge >= 0.3 is 0 Å². The maximum absolute atomic E-state index is 8.76. The highest BCUT2D eigenvalue weighted by molar-refractivity contribution is 9.10. The summed E-state index contributed by atoms with van der Waals surface area (Å²) in [6.07, 6.45) is 1.65. The lowest BCUT2D eigenvalue weighted by Crippen LogP contribution is -1.88. The molecule has 4 heteroatoms. The molecule has 0 amide bonds. The Labute approximate surface area is 95.4 Å². The van der Waals surface area contributed by atoms with Crippen LogP contribution < -0.4 is 4.74 Å². The van der Waals surface area contributed by atoms with Crippen molar-refractivity contribution in [1.82, 2.24) is 4.98 Å². The van der Waals surface area contributed by atoms with Gasteiger partial charge in [-0.05, 0) is 18.2 Å². The molecule has 0 spiro atoms. The van der Waals surface area contributed by atoms with Crippen molar-refractivity contribution in [3.63, 3.8) is 0 Å². The van der Waals surface area contributed by atoms with Crippen molar-refractivity contribution >= 4 is 26.7 Å². The van der Waals surface area contributed by atoms with Gasteiger partial charge < -0.3 is 4.74 Å². The molecule has 0 atom stereocenters. The number of nitrogens with zero attached hydrogens (tertiary/aromatic N) is 2. The van der Waals surface area contributed by atoms with Gasteiger partial charge in [-0.2, -0.15) is 5.26 Å². The predicted octanol–water partition coefficient (Wildman–Crippen LogP) is 2.88. The van der Waals surface area contributed by atoms with Crippen LogP contribution in [0.2, 0.25) is 0 Å². The SMILES string of the molecule is COc1ccc(Br)c2cc(C#N)ncc12. The average molecular weight is 263 g/mol. The summed E-state index contributed by atoms with van der Waals surface area (Å²) in [4.78, 5) is 4.01.